The highest BCUT2D eigenvalue weighted by Crippen LogP contribution is 2.28. The van der Waals surface area contributed by atoms with Gasteiger partial charge in [0.1, 0.15) is 24.7 Å². The van der Waals surface area contributed by atoms with Crippen LogP contribution in [0.4, 0.5) is 10.5 Å². The third-order valence-corrected chi connectivity index (χ3v) is 11.8. The summed E-state index contributed by atoms with van der Waals surface area (Å²) in [7, 11) is 0. The second kappa shape index (κ2) is 21.0. The quantitative estimate of drug-likeness (QED) is 0.0811. The van der Waals surface area contributed by atoms with Gasteiger partial charge in [-0.3, -0.25) is 14.4 Å². The molecule has 2 amide bonds. The van der Waals surface area contributed by atoms with Crippen LogP contribution in [0.2, 0.25) is 0 Å². The monoisotopic (exact) mass is 799 g/mol. The van der Waals surface area contributed by atoms with Crippen LogP contribution in [0.15, 0.2) is 72.8 Å². The van der Waals surface area contributed by atoms with E-state index >= 15 is 0 Å². The Kier molecular flexibility index (Phi) is 15.4. The van der Waals surface area contributed by atoms with E-state index in [1.807, 2.05) is 66.7 Å². The van der Waals surface area contributed by atoms with Crippen LogP contribution in [0.3, 0.4) is 0 Å². The lowest BCUT2D eigenvalue weighted by Gasteiger charge is -2.24. The predicted molar refractivity (Wildman–Crippen MR) is 218 cm³/mol. The third kappa shape index (κ3) is 12.2. The number of amides is 2. The summed E-state index contributed by atoms with van der Waals surface area (Å²) < 4.78 is 12.2. The molecule has 3 fully saturated rings. The molecule has 58 heavy (non-hydrogen) atoms. The fraction of sp³-hybridized carbons (Fsp3) is 0.500. The van der Waals surface area contributed by atoms with Gasteiger partial charge in [-0.2, -0.15) is 0 Å². The van der Waals surface area contributed by atoms with Crippen LogP contribution in [0.1, 0.15) is 36.0 Å². The first-order valence-corrected chi connectivity index (χ1v) is 20.5. The van der Waals surface area contributed by atoms with Gasteiger partial charge in [-0.05, 0) is 149 Å². The molecule has 14 heteroatoms. The number of rotatable bonds is 21. The molecule has 3 aliphatic rings. The highest BCUT2D eigenvalue weighted by molar-refractivity contribution is 5.89. The standard InChI is InChI=1S/C44H57N5O9/c50-41(51)38(32-10-13-45-26-32)23-29-4-1-7-35(20-29)48-44(56)49(16-18-57-36-8-2-5-30(21-36)24-39(42(52)53)33-11-14-46-27-33)17-19-58-37-9-3-6-31(22-37)25-40(43(54)55)34-12-15-47-28-34/h1-9,20-22,32-34,38-40,45-47H,10-19,23-28H2,(H,48,56)(H,50,51)(H,52,53)(H,54,55). The summed E-state index contributed by atoms with van der Waals surface area (Å²) in [5, 5.41) is 42.6. The van der Waals surface area contributed by atoms with Crippen molar-refractivity contribution in [1.82, 2.24) is 20.9 Å². The zero-order valence-electron chi connectivity index (χ0n) is 32.9. The summed E-state index contributed by atoms with van der Waals surface area (Å²) in [6.07, 6.45) is 3.60. The lowest BCUT2D eigenvalue weighted by molar-refractivity contribution is -0.144. The van der Waals surface area contributed by atoms with Crippen molar-refractivity contribution < 1.29 is 44.0 Å². The van der Waals surface area contributed by atoms with Crippen LogP contribution < -0.4 is 30.7 Å². The van der Waals surface area contributed by atoms with Crippen LogP contribution in [0.5, 0.6) is 11.5 Å². The lowest BCUT2D eigenvalue weighted by Crippen LogP contribution is -2.40. The molecule has 0 saturated carbocycles. The zero-order chi connectivity index (χ0) is 40.9. The Morgan fingerprint density at radius 1 is 0.603 bits per heavy atom. The van der Waals surface area contributed by atoms with Crippen LogP contribution in [-0.2, 0) is 33.6 Å². The number of carbonyl (C=O) groups excluding carboxylic acids is 1. The van der Waals surface area contributed by atoms with Gasteiger partial charge in [-0.1, -0.05) is 36.4 Å². The second-order valence-corrected chi connectivity index (χ2v) is 15.8. The summed E-state index contributed by atoms with van der Waals surface area (Å²) in [4.78, 5) is 51.8. The molecular weight excluding hydrogens is 743 g/mol. The highest BCUT2D eigenvalue weighted by atomic mass is 16.5. The van der Waals surface area contributed by atoms with E-state index in [9.17, 15) is 34.5 Å². The van der Waals surface area contributed by atoms with E-state index in [0.717, 1.165) is 55.6 Å². The van der Waals surface area contributed by atoms with Crippen molar-refractivity contribution in [2.75, 3.05) is 70.9 Å². The van der Waals surface area contributed by atoms with Gasteiger partial charge in [0, 0.05) is 5.69 Å². The molecule has 3 saturated heterocycles. The number of aliphatic carboxylic acids is 3. The van der Waals surface area contributed by atoms with Crippen molar-refractivity contribution in [3.63, 3.8) is 0 Å². The van der Waals surface area contributed by atoms with Crippen LogP contribution >= 0.6 is 0 Å². The minimum absolute atomic E-state index is 0.0408. The average molecular weight is 800 g/mol. The summed E-state index contributed by atoms with van der Waals surface area (Å²) in [6.45, 7) is 5.21. The molecule has 312 valence electrons. The minimum Gasteiger partial charge on any atom is -0.492 e. The van der Waals surface area contributed by atoms with Crippen molar-refractivity contribution >= 4 is 29.6 Å². The van der Waals surface area contributed by atoms with Crippen molar-refractivity contribution in [2.45, 2.75) is 38.5 Å². The molecule has 14 nitrogen and oxygen atoms in total. The first-order chi connectivity index (χ1) is 28.1. The SMILES string of the molecule is O=C(O)C(Cc1cccc(NC(=O)N(CCOc2cccc(CC(C(=O)O)C3CCNC3)c2)CCOc2cccc(CC(C(=O)O)C3CCNC3)c2)c1)C1CCNC1. The maximum absolute atomic E-state index is 13.9. The Morgan fingerprint density at radius 2 is 1.00 bits per heavy atom. The Morgan fingerprint density at radius 3 is 1.38 bits per heavy atom. The lowest BCUT2D eigenvalue weighted by atomic mass is 9.86. The number of nitrogens with zero attached hydrogens (tertiary/aromatic N) is 1. The van der Waals surface area contributed by atoms with Gasteiger partial charge in [-0.15, -0.1) is 0 Å². The Hall–Kier alpha value is -5.18. The van der Waals surface area contributed by atoms with Crippen molar-refractivity contribution in [3.8, 4) is 11.5 Å². The summed E-state index contributed by atoms with van der Waals surface area (Å²) in [5.41, 5.74) is 3.09. The van der Waals surface area contributed by atoms with Crippen LogP contribution in [0, 0.1) is 35.5 Å². The van der Waals surface area contributed by atoms with E-state index in [-0.39, 0.29) is 50.1 Å². The summed E-state index contributed by atoms with van der Waals surface area (Å²) in [5.74, 6) is -2.64. The van der Waals surface area contributed by atoms with Gasteiger partial charge >= 0.3 is 23.9 Å². The number of hydrogen-bond donors (Lipinski definition) is 7. The minimum atomic E-state index is -0.828. The fourth-order valence-corrected chi connectivity index (χ4v) is 8.56. The van der Waals surface area contributed by atoms with Gasteiger partial charge in [0.05, 0.1) is 30.8 Å². The molecule has 3 heterocycles. The van der Waals surface area contributed by atoms with Gasteiger partial charge in [0.25, 0.3) is 0 Å². The molecule has 0 bridgehead atoms. The number of carboxylic acids is 3. The largest absolute Gasteiger partial charge is 0.492 e. The zero-order valence-corrected chi connectivity index (χ0v) is 32.9. The molecule has 3 aliphatic heterocycles. The maximum atomic E-state index is 13.9. The van der Waals surface area contributed by atoms with Crippen molar-refractivity contribution in [2.24, 2.45) is 35.5 Å². The molecule has 0 aliphatic carbocycles. The van der Waals surface area contributed by atoms with E-state index in [2.05, 4.69) is 21.3 Å². The molecule has 0 radical (unpaired) electrons. The fourth-order valence-electron chi connectivity index (χ4n) is 8.56. The van der Waals surface area contributed by atoms with Crippen LogP contribution in [-0.4, -0.2) is 110 Å². The number of nitrogens with one attached hydrogen (secondary N) is 4. The Bertz CT molecular complexity index is 1760. The van der Waals surface area contributed by atoms with E-state index in [0.29, 0.717) is 56.1 Å². The first-order valence-electron chi connectivity index (χ1n) is 20.5. The van der Waals surface area contributed by atoms with Gasteiger partial charge in [-0.25, -0.2) is 4.79 Å². The van der Waals surface area contributed by atoms with Crippen molar-refractivity contribution in [1.29, 1.82) is 0 Å². The number of urea groups is 1. The molecule has 0 aromatic heterocycles. The Balaban J connectivity index is 1.10. The van der Waals surface area contributed by atoms with E-state index in [4.69, 9.17) is 9.47 Å². The van der Waals surface area contributed by atoms with Crippen molar-refractivity contribution in [3.05, 3.63) is 89.5 Å². The predicted octanol–water partition coefficient (Wildman–Crippen LogP) is 4.24. The van der Waals surface area contributed by atoms with E-state index < -0.39 is 35.7 Å². The van der Waals surface area contributed by atoms with Gasteiger partial charge in [0.2, 0.25) is 0 Å². The molecule has 7 N–H and O–H groups in total. The topological polar surface area (TPSA) is 199 Å². The van der Waals surface area contributed by atoms with Gasteiger partial charge in [0.15, 0.2) is 0 Å². The number of carbonyl (C=O) groups is 4. The maximum Gasteiger partial charge on any atom is 0.322 e. The smallest absolute Gasteiger partial charge is 0.322 e. The highest BCUT2D eigenvalue weighted by Gasteiger charge is 2.33. The number of benzene rings is 3. The van der Waals surface area contributed by atoms with E-state index in [1.54, 1.807) is 11.0 Å². The second-order valence-electron chi connectivity index (χ2n) is 15.8. The third-order valence-electron chi connectivity index (χ3n) is 11.8. The van der Waals surface area contributed by atoms with Gasteiger partial charge < -0.3 is 51.0 Å². The van der Waals surface area contributed by atoms with Crippen LogP contribution in [0.25, 0.3) is 0 Å². The molecule has 6 unspecified atom stereocenters. The summed E-state index contributed by atoms with van der Waals surface area (Å²) in [6, 6.07) is 21.7. The molecule has 6 rings (SSSR count). The number of anilines is 1. The number of ether oxygens (including phenoxy) is 2. The number of hydrogen-bond acceptors (Lipinski definition) is 9. The molecule has 3 aromatic carbocycles. The Labute approximate surface area is 339 Å². The molecule has 3 aromatic rings. The molecular formula is C44H57N5O9. The molecule has 0 spiro atoms. The van der Waals surface area contributed by atoms with E-state index in [1.165, 1.54) is 0 Å². The summed E-state index contributed by atoms with van der Waals surface area (Å²) >= 11 is 0. The first kappa shape index (κ1) is 42.4. The average Bonchev–Trinajstić information content (AvgIpc) is 4.03. The normalized spacial score (nSPS) is 20.5. The number of carboxylic acid groups (broad SMARTS) is 3. The molecule has 6 atom stereocenters.